The molecule has 1 rings (SSSR count). The minimum atomic E-state index is -1.09. The molecule has 0 fully saturated rings. The van der Waals surface area contributed by atoms with Crippen LogP contribution < -0.4 is 10.6 Å². The Bertz CT molecular complexity index is 515. The highest BCUT2D eigenvalue weighted by Crippen LogP contribution is 2.23. The van der Waals surface area contributed by atoms with Crippen LogP contribution in [-0.4, -0.2) is 29.6 Å². The molecule has 5 nitrogen and oxygen atoms in total. The lowest BCUT2D eigenvalue weighted by molar-refractivity contribution is -0.122. The third-order valence-corrected chi connectivity index (χ3v) is 3.00. The van der Waals surface area contributed by atoms with Gasteiger partial charge in [-0.1, -0.05) is 6.07 Å². The minimum Gasteiger partial charge on any atom is -0.393 e. The monoisotopic (exact) mass is 314 g/mol. The second-order valence-electron chi connectivity index (χ2n) is 5.08. The van der Waals surface area contributed by atoms with Gasteiger partial charge in [0.1, 0.15) is 11.6 Å². The zero-order chi connectivity index (χ0) is 16.7. The van der Waals surface area contributed by atoms with E-state index in [1.807, 2.05) is 0 Å². The number of halogens is 2. The number of rotatable bonds is 7. The van der Waals surface area contributed by atoms with Gasteiger partial charge in [-0.05, 0) is 25.5 Å². The quantitative estimate of drug-likeness (QED) is 0.712. The third kappa shape index (κ3) is 5.77. The molecule has 3 N–H and O–H groups in total. The summed E-state index contributed by atoms with van der Waals surface area (Å²) >= 11 is 0. The molecule has 2 atom stereocenters. The van der Waals surface area contributed by atoms with Crippen molar-refractivity contribution >= 4 is 11.8 Å². The van der Waals surface area contributed by atoms with Gasteiger partial charge in [-0.15, -0.1) is 0 Å². The maximum absolute atomic E-state index is 13.8. The summed E-state index contributed by atoms with van der Waals surface area (Å²) < 4.78 is 27.6. The molecule has 0 aliphatic carbocycles. The molecule has 0 aliphatic rings. The van der Waals surface area contributed by atoms with Gasteiger partial charge < -0.3 is 15.7 Å². The number of aliphatic hydroxyl groups is 1. The summed E-state index contributed by atoms with van der Waals surface area (Å²) in [7, 11) is 0. The molecule has 0 saturated carbocycles. The maximum Gasteiger partial charge on any atom is 0.222 e. The van der Waals surface area contributed by atoms with Crippen molar-refractivity contribution < 1.29 is 23.5 Å². The molecule has 0 bridgehead atoms. The Morgan fingerprint density at radius 1 is 1.27 bits per heavy atom. The third-order valence-electron chi connectivity index (χ3n) is 3.00. The topological polar surface area (TPSA) is 78.4 Å². The van der Waals surface area contributed by atoms with E-state index in [9.17, 15) is 18.4 Å². The first-order valence-electron chi connectivity index (χ1n) is 6.97. The van der Waals surface area contributed by atoms with Crippen molar-refractivity contribution in [2.45, 2.75) is 38.8 Å². The summed E-state index contributed by atoms with van der Waals surface area (Å²) in [6.07, 6.45) is -0.488. The number of hydrogen-bond donors (Lipinski definition) is 3. The van der Waals surface area contributed by atoms with Gasteiger partial charge in [0.05, 0.1) is 18.6 Å². The highest BCUT2D eigenvalue weighted by molar-refractivity contribution is 5.79. The number of benzene rings is 1. The Balaban J connectivity index is 2.81. The lowest BCUT2D eigenvalue weighted by Crippen LogP contribution is -2.34. The fourth-order valence-corrected chi connectivity index (χ4v) is 1.99. The van der Waals surface area contributed by atoms with Gasteiger partial charge in [0.25, 0.3) is 0 Å². The first-order chi connectivity index (χ1) is 10.3. The normalized spacial score (nSPS) is 13.3. The predicted molar refractivity (Wildman–Crippen MR) is 76.8 cm³/mol. The van der Waals surface area contributed by atoms with Gasteiger partial charge in [-0.3, -0.25) is 9.59 Å². The molecule has 2 amide bonds. The van der Waals surface area contributed by atoms with E-state index in [1.54, 1.807) is 6.92 Å². The summed E-state index contributed by atoms with van der Waals surface area (Å²) in [6, 6.07) is 2.25. The smallest absolute Gasteiger partial charge is 0.222 e. The molecular formula is C15H20F2N2O3. The number of hydrogen-bond acceptors (Lipinski definition) is 3. The molecule has 0 aromatic heterocycles. The minimum absolute atomic E-state index is 0.239. The number of nitrogens with one attached hydrogen (secondary N) is 2. The van der Waals surface area contributed by atoms with E-state index < -0.39 is 35.6 Å². The Hall–Kier alpha value is -2.02. The van der Waals surface area contributed by atoms with Crippen LogP contribution in [0, 0.1) is 11.6 Å². The molecule has 1 aromatic rings. The predicted octanol–water partition coefficient (Wildman–Crippen LogP) is 1.42. The number of carbonyl (C=O) groups is 2. The van der Waals surface area contributed by atoms with Crippen LogP contribution in [0.25, 0.3) is 0 Å². The number of carbonyl (C=O) groups excluding carboxylic acids is 2. The Morgan fingerprint density at radius 3 is 2.36 bits per heavy atom. The highest BCUT2D eigenvalue weighted by Gasteiger charge is 2.23. The van der Waals surface area contributed by atoms with Crippen LogP contribution in [-0.2, 0) is 9.59 Å². The second kappa shape index (κ2) is 8.43. The molecule has 122 valence electrons. The van der Waals surface area contributed by atoms with Gasteiger partial charge in [0, 0.05) is 19.0 Å². The molecule has 0 saturated heterocycles. The first kappa shape index (κ1) is 18.0. The van der Waals surface area contributed by atoms with Gasteiger partial charge in [0.15, 0.2) is 0 Å². The molecule has 2 unspecified atom stereocenters. The van der Waals surface area contributed by atoms with Crippen molar-refractivity contribution in [3.05, 3.63) is 35.4 Å². The van der Waals surface area contributed by atoms with Crippen LogP contribution >= 0.6 is 0 Å². The van der Waals surface area contributed by atoms with Crippen molar-refractivity contribution in [1.29, 1.82) is 0 Å². The lowest BCUT2D eigenvalue weighted by atomic mass is 10.0. The molecule has 0 aliphatic heterocycles. The first-order valence-corrected chi connectivity index (χ1v) is 6.97. The fourth-order valence-electron chi connectivity index (χ4n) is 1.99. The van der Waals surface area contributed by atoms with Crippen molar-refractivity contribution in [2.75, 3.05) is 6.54 Å². The van der Waals surface area contributed by atoms with Crippen LogP contribution in [0.3, 0.4) is 0 Å². The highest BCUT2D eigenvalue weighted by atomic mass is 19.1. The van der Waals surface area contributed by atoms with Gasteiger partial charge in [-0.2, -0.15) is 0 Å². The van der Waals surface area contributed by atoms with E-state index in [0.717, 1.165) is 12.1 Å². The standard InChI is InChI=1S/C15H20F2N2O3/c1-9(20)6-7-18-14(22)8-13(19-10(2)21)15-11(16)4-3-5-12(15)17/h3-5,9,13,20H,6-8H2,1-2H3,(H,18,22)(H,19,21). The van der Waals surface area contributed by atoms with E-state index in [-0.39, 0.29) is 18.5 Å². The van der Waals surface area contributed by atoms with Crippen LogP contribution in [0.15, 0.2) is 18.2 Å². The van der Waals surface area contributed by atoms with Crippen LogP contribution in [0.1, 0.15) is 38.3 Å². The van der Waals surface area contributed by atoms with Gasteiger partial charge >= 0.3 is 0 Å². The fraction of sp³-hybridized carbons (Fsp3) is 0.467. The van der Waals surface area contributed by atoms with Crippen molar-refractivity contribution in [3.63, 3.8) is 0 Å². The second-order valence-corrected chi connectivity index (χ2v) is 5.08. The number of amides is 2. The van der Waals surface area contributed by atoms with Crippen molar-refractivity contribution in [1.82, 2.24) is 10.6 Å². The van der Waals surface area contributed by atoms with Crippen molar-refractivity contribution in [3.8, 4) is 0 Å². The number of aliphatic hydroxyl groups excluding tert-OH is 1. The summed E-state index contributed by atoms with van der Waals surface area (Å²) in [5.74, 6) is -2.61. The summed E-state index contributed by atoms with van der Waals surface area (Å²) in [5, 5.41) is 14.0. The lowest BCUT2D eigenvalue weighted by Gasteiger charge is -2.19. The average molecular weight is 314 g/mol. The Morgan fingerprint density at radius 2 is 1.86 bits per heavy atom. The van der Waals surface area contributed by atoms with Gasteiger partial charge in [-0.25, -0.2) is 8.78 Å². The summed E-state index contributed by atoms with van der Waals surface area (Å²) in [4.78, 5) is 23.0. The van der Waals surface area contributed by atoms with E-state index in [2.05, 4.69) is 10.6 Å². The van der Waals surface area contributed by atoms with Crippen LogP contribution in [0.5, 0.6) is 0 Å². The van der Waals surface area contributed by atoms with Gasteiger partial charge in [0.2, 0.25) is 11.8 Å². The average Bonchev–Trinajstić information content (AvgIpc) is 2.36. The molecule has 7 heteroatoms. The van der Waals surface area contributed by atoms with Crippen LogP contribution in [0.2, 0.25) is 0 Å². The maximum atomic E-state index is 13.8. The molecule has 22 heavy (non-hydrogen) atoms. The summed E-state index contributed by atoms with van der Waals surface area (Å²) in [6.45, 7) is 3.03. The molecule has 0 heterocycles. The zero-order valence-corrected chi connectivity index (χ0v) is 12.5. The molecule has 0 radical (unpaired) electrons. The van der Waals surface area contributed by atoms with Crippen LogP contribution in [0.4, 0.5) is 8.78 Å². The summed E-state index contributed by atoms with van der Waals surface area (Å²) in [5.41, 5.74) is -0.344. The van der Waals surface area contributed by atoms with E-state index in [1.165, 1.54) is 13.0 Å². The van der Waals surface area contributed by atoms with E-state index in [0.29, 0.717) is 6.42 Å². The Kier molecular flexibility index (Phi) is 6.91. The van der Waals surface area contributed by atoms with Crippen molar-refractivity contribution in [2.24, 2.45) is 0 Å². The molecule has 0 spiro atoms. The van der Waals surface area contributed by atoms with E-state index >= 15 is 0 Å². The molecule has 1 aromatic carbocycles. The largest absolute Gasteiger partial charge is 0.393 e. The van der Waals surface area contributed by atoms with E-state index in [4.69, 9.17) is 5.11 Å². The Labute approximate surface area is 127 Å². The molecular weight excluding hydrogens is 294 g/mol. The zero-order valence-electron chi connectivity index (χ0n) is 12.5. The SMILES string of the molecule is CC(=O)NC(CC(=O)NCCC(C)O)c1c(F)cccc1F.